The van der Waals surface area contributed by atoms with Gasteiger partial charge >= 0.3 is 0 Å². The summed E-state index contributed by atoms with van der Waals surface area (Å²) in [5, 5.41) is 13.8. The number of nitrogens with zero attached hydrogens (tertiary/aromatic N) is 4. The lowest BCUT2D eigenvalue weighted by Gasteiger charge is -2.39. The molecular formula is C20H20ClN7O. The van der Waals surface area contributed by atoms with Gasteiger partial charge in [-0.2, -0.15) is 5.26 Å². The zero-order valence-electron chi connectivity index (χ0n) is 15.6. The molecule has 148 valence electrons. The van der Waals surface area contributed by atoms with Crippen LogP contribution >= 0.6 is 11.6 Å². The Kier molecular flexibility index (Phi) is 5.09. The molecule has 1 aliphatic rings. The van der Waals surface area contributed by atoms with E-state index in [-0.39, 0.29) is 5.91 Å². The zero-order chi connectivity index (χ0) is 20.4. The molecule has 1 saturated heterocycles. The number of anilines is 1. The number of aromatic nitrogens is 3. The quantitative estimate of drug-likeness (QED) is 0.607. The van der Waals surface area contributed by atoms with E-state index in [1.165, 1.54) is 6.33 Å². The number of fused-ring (bicyclic) bond motifs is 1. The number of carbonyl (C=O) groups is 1. The summed E-state index contributed by atoms with van der Waals surface area (Å²) in [4.78, 5) is 26.7. The number of nitrogens with two attached hydrogens (primary N) is 1. The first kappa shape index (κ1) is 19.2. The monoisotopic (exact) mass is 409 g/mol. The Morgan fingerprint density at radius 1 is 1.28 bits per heavy atom. The lowest BCUT2D eigenvalue weighted by atomic mass is 9.87. The number of nitrogens with one attached hydrogen (secondary N) is 2. The number of benzene rings is 1. The second-order valence-electron chi connectivity index (χ2n) is 7.17. The number of carbonyl (C=O) groups excluding carboxylic acids is 1. The first-order valence-corrected chi connectivity index (χ1v) is 9.66. The first-order chi connectivity index (χ1) is 14.0. The summed E-state index contributed by atoms with van der Waals surface area (Å²) in [5.74, 6) is 0.503. The fraction of sp³-hybridized carbons (Fsp3) is 0.300. The van der Waals surface area contributed by atoms with E-state index in [0.717, 1.165) is 16.9 Å². The number of halogens is 1. The fourth-order valence-corrected chi connectivity index (χ4v) is 3.70. The minimum absolute atomic E-state index is 0.326. The molecule has 0 aliphatic carbocycles. The van der Waals surface area contributed by atoms with E-state index < -0.39 is 11.6 Å². The minimum atomic E-state index is -1.04. The van der Waals surface area contributed by atoms with Crippen molar-refractivity contribution in [1.82, 2.24) is 20.3 Å². The van der Waals surface area contributed by atoms with Crippen LogP contribution < -0.4 is 16.0 Å². The summed E-state index contributed by atoms with van der Waals surface area (Å²) in [6.07, 6.45) is 4.25. The molecule has 0 bridgehead atoms. The van der Waals surface area contributed by atoms with Crippen LogP contribution in [-0.4, -0.2) is 39.5 Å². The molecule has 4 rings (SSSR count). The van der Waals surface area contributed by atoms with Gasteiger partial charge in [-0.3, -0.25) is 4.79 Å². The first-order valence-electron chi connectivity index (χ1n) is 9.28. The molecule has 4 N–H and O–H groups in total. The van der Waals surface area contributed by atoms with Crippen molar-refractivity contribution in [2.24, 2.45) is 5.73 Å². The van der Waals surface area contributed by atoms with Crippen molar-refractivity contribution in [1.29, 1.82) is 5.26 Å². The van der Waals surface area contributed by atoms with Crippen LogP contribution in [0, 0.1) is 11.3 Å². The third-order valence-electron chi connectivity index (χ3n) is 5.35. The maximum atomic E-state index is 12.9. The molecule has 0 radical (unpaired) electrons. The summed E-state index contributed by atoms with van der Waals surface area (Å²) in [5.41, 5.74) is 6.84. The molecule has 0 spiro atoms. The molecule has 1 unspecified atom stereocenters. The van der Waals surface area contributed by atoms with Crippen LogP contribution in [0.4, 0.5) is 5.82 Å². The van der Waals surface area contributed by atoms with Crippen molar-refractivity contribution in [2.45, 2.75) is 24.4 Å². The molecule has 1 amide bonds. The number of hydrogen-bond acceptors (Lipinski definition) is 6. The molecule has 1 aromatic carbocycles. The Hall–Kier alpha value is -3.15. The van der Waals surface area contributed by atoms with Crippen molar-refractivity contribution in [3.05, 3.63) is 53.4 Å². The highest BCUT2D eigenvalue weighted by atomic mass is 35.5. The van der Waals surface area contributed by atoms with Gasteiger partial charge in [0.2, 0.25) is 5.91 Å². The second kappa shape index (κ2) is 7.70. The normalized spacial score (nSPS) is 16.9. The molecule has 8 nitrogen and oxygen atoms in total. The fourth-order valence-electron chi connectivity index (χ4n) is 3.58. The van der Waals surface area contributed by atoms with E-state index in [2.05, 4.69) is 31.2 Å². The third-order valence-corrected chi connectivity index (χ3v) is 5.60. The maximum absolute atomic E-state index is 12.9. The highest BCUT2D eigenvalue weighted by molar-refractivity contribution is 6.30. The van der Waals surface area contributed by atoms with E-state index in [0.29, 0.717) is 36.5 Å². The van der Waals surface area contributed by atoms with E-state index >= 15 is 0 Å². The lowest BCUT2D eigenvalue weighted by Crippen LogP contribution is -2.60. The molecule has 3 aromatic rings. The Labute approximate surface area is 172 Å². The van der Waals surface area contributed by atoms with Gasteiger partial charge in [-0.05, 0) is 36.6 Å². The SMILES string of the molecule is N#CC(NC(=O)C1(N)CCN(c2ncnc3[nH]ccc23)CC1)c1ccc(Cl)cc1. The lowest BCUT2D eigenvalue weighted by molar-refractivity contribution is -0.127. The number of H-pyrrole nitrogens is 1. The van der Waals surface area contributed by atoms with Crippen molar-refractivity contribution >= 4 is 34.4 Å². The maximum Gasteiger partial charge on any atom is 0.241 e. The van der Waals surface area contributed by atoms with Gasteiger partial charge in [-0.25, -0.2) is 9.97 Å². The Bertz CT molecular complexity index is 1060. The van der Waals surface area contributed by atoms with Gasteiger partial charge < -0.3 is 20.9 Å². The van der Waals surface area contributed by atoms with Gasteiger partial charge in [0, 0.05) is 24.3 Å². The average molecular weight is 410 g/mol. The van der Waals surface area contributed by atoms with E-state index in [1.807, 2.05) is 12.3 Å². The van der Waals surface area contributed by atoms with Gasteiger partial charge in [0.1, 0.15) is 23.8 Å². The van der Waals surface area contributed by atoms with Crippen LogP contribution in [0.3, 0.4) is 0 Å². The second-order valence-corrected chi connectivity index (χ2v) is 7.60. The molecule has 1 atom stereocenters. The van der Waals surface area contributed by atoms with Crippen LogP contribution in [0.15, 0.2) is 42.9 Å². The van der Waals surface area contributed by atoms with Gasteiger partial charge in [-0.1, -0.05) is 23.7 Å². The predicted octanol–water partition coefficient (Wildman–Crippen LogP) is 2.29. The van der Waals surface area contributed by atoms with Gasteiger partial charge in [0.25, 0.3) is 0 Å². The van der Waals surface area contributed by atoms with Gasteiger partial charge in [-0.15, -0.1) is 0 Å². The molecule has 29 heavy (non-hydrogen) atoms. The smallest absolute Gasteiger partial charge is 0.241 e. The van der Waals surface area contributed by atoms with Gasteiger partial charge in [0.05, 0.1) is 17.0 Å². The van der Waals surface area contributed by atoms with Crippen molar-refractivity contribution < 1.29 is 4.79 Å². The predicted molar refractivity (Wildman–Crippen MR) is 110 cm³/mol. The number of amides is 1. The topological polar surface area (TPSA) is 124 Å². The molecular weight excluding hydrogens is 390 g/mol. The Morgan fingerprint density at radius 2 is 2.00 bits per heavy atom. The minimum Gasteiger partial charge on any atom is -0.356 e. The largest absolute Gasteiger partial charge is 0.356 e. The van der Waals surface area contributed by atoms with E-state index in [9.17, 15) is 10.1 Å². The molecule has 0 saturated carbocycles. The average Bonchev–Trinajstić information content (AvgIpc) is 3.22. The molecule has 1 aliphatic heterocycles. The molecule has 3 heterocycles. The molecule has 9 heteroatoms. The van der Waals surface area contributed by atoms with Crippen LogP contribution in [-0.2, 0) is 4.79 Å². The summed E-state index contributed by atoms with van der Waals surface area (Å²) in [7, 11) is 0. The molecule has 2 aromatic heterocycles. The number of hydrogen-bond donors (Lipinski definition) is 3. The standard InChI is InChI=1S/C20H20ClN7O/c21-14-3-1-13(2-4-14)16(11-22)27-19(29)20(23)6-9-28(10-7-20)18-15-5-8-24-17(15)25-12-26-18/h1-5,8,12,16H,6-7,9-10,23H2,(H,27,29)(H,24,25,26). The van der Waals surface area contributed by atoms with Gasteiger partial charge in [0.15, 0.2) is 0 Å². The Morgan fingerprint density at radius 3 is 2.69 bits per heavy atom. The highest BCUT2D eigenvalue weighted by Gasteiger charge is 2.39. The summed E-state index contributed by atoms with van der Waals surface area (Å²) >= 11 is 5.90. The summed E-state index contributed by atoms with van der Waals surface area (Å²) < 4.78 is 0. The van der Waals surface area contributed by atoms with Crippen molar-refractivity contribution in [2.75, 3.05) is 18.0 Å². The van der Waals surface area contributed by atoms with Crippen molar-refractivity contribution in [3.8, 4) is 6.07 Å². The summed E-state index contributed by atoms with van der Waals surface area (Å²) in [6.45, 7) is 1.17. The van der Waals surface area contributed by atoms with Crippen LogP contribution in [0.25, 0.3) is 11.0 Å². The van der Waals surface area contributed by atoms with Crippen LogP contribution in [0.2, 0.25) is 5.02 Å². The summed E-state index contributed by atoms with van der Waals surface area (Å²) in [6, 6.07) is 10.1. The van der Waals surface area contributed by atoms with E-state index in [4.69, 9.17) is 17.3 Å². The zero-order valence-corrected chi connectivity index (χ0v) is 16.4. The number of nitriles is 1. The molecule has 1 fully saturated rings. The highest BCUT2D eigenvalue weighted by Crippen LogP contribution is 2.28. The third kappa shape index (κ3) is 3.75. The van der Waals surface area contributed by atoms with E-state index in [1.54, 1.807) is 24.3 Å². The van der Waals surface area contributed by atoms with Crippen LogP contribution in [0.5, 0.6) is 0 Å². The number of aromatic amines is 1. The van der Waals surface area contributed by atoms with Crippen molar-refractivity contribution in [3.63, 3.8) is 0 Å². The van der Waals surface area contributed by atoms with Crippen LogP contribution in [0.1, 0.15) is 24.4 Å². The Balaban J connectivity index is 1.44. The number of piperidine rings is 1. The number of rotatable bonds is 4.